The van der Waals surface area contributed by atoms with Gasteiger partial charge in [0.1, 0.15) is 0 Å². The number of aliphatic hydroxyl groups excluding tert-OH is 1. The summed E-state index contributed by atoms with van der Waals surface area (Å²) in [4.78, 5) is 4.95. The lowest BCUT2D eigenvalue weighted by atomic mass is 10.2. The van der Waals surface area contributed by atoms with Gasteiger partial charge in [0, 0.05) is 23.9 Å². The number of hydrogen-bond donors (Lipinski definition) is 1. The Kier molecular flexibility index (Phi) is 7.04. The van der Waals surface area contributed by atoms with Crippen LogP contribution >= 0.6 is 11.3 Å². The van der Waals surface area contributed by atoms with Gasteiger partial charge in [-0.1, -0.05) is 18.8 Å². The second-order valence-electron chi connectivity index (χ2n) is 4.61. The summed E-state index contributed by atoms with van der Waals surface area (Å²) in [5, 5.41) is 8.68. The SMILES string of the molecule is CCCN(Cc1ccc(C#CCCO)s1)C(C)C. The first-order valence-electron chi connectivity index (χ1n) is 6.59. The standard InChI is InChI=1S/C15H23NOS/c1-4-10-16(13(2)3)12-15-9-8-14(18-15)7-5-6-11-17/h8-9,13,17H,4,6,10-12H2,1-3H3. The lowest BCUT2D eigenvalue weighted by molar-refractivity contribution is 0.215. The molecule has 1 heterocycles. The van der Waals surface area contributed by atoms with Gasteiger partial charge in [-0.25, -0.2) is 0 Å². The molecule has 2 nitrogen and oxygen atoms in total. The molecule has 0 fully saturated rings. The van der Waals surface area contributed by atoms with Crippen LogP contribution in [0.3, 0.4) is 0 Å². The van der Waals surface area contributed by atoms with Gasteiger partial charge < -0.3 is 5.11 Å². The van der Waals surface area contributed by atoms with Crippen LogP contribution in [0.25, 0.3) is 0 Å². The van der Waals surface area contributed by atoms with E-state index in [2.05, 4.69) is 49.6 Å². The van der Waals surface area contributed by atoms with Crippen LogP contribution in [0.1, 0.15) is 43.4 Å². The normalized spacial score (nSPS) is 10.8. The molecule has 1 rings (SSSR count). The van der Waals surface area contributed by atoms with E-state index in [1.54, 1.807) is 11.3 Å². The molecule has 0 bridgehead atoms. The van der Waals surface area contributed by atoms with Crippen molar-refractivity contribution in [1.29, 1.82) is 0 Å². The van der Waals surface area contributed by atoms with Crippen LogP contribution < -0.4 is 0 Å². The lowest BCUT2D eigenvalue weighted by Gasteiger charge is -2.25. The summed E-state index contributed by atoms with van der Waals surface area (Å²) in [6.45, 7) is 8.99. The summed E-state index contributed by atoms with van der Waals surface area (Å²) in [5.41, 5.74) is 0. The summed E-state index contributed by atoms with van der Waals surface area (Å²) >= 11 is 1.76. The van der Waals surface area contributed by atoms with Crippen molar-refractivity contribution in [2.24, 2.45) is 0 Å². The number of aliphatic hydroxyl groups is 1. The molecule has 0 saturated carbocycles. The Morgan fingerprint density at radius 2 is 2.17 bits per heavy atom. The predicted molar refractivity (Wildman–Crippen MR) is 78.7 cm³/mol. The fourth-order valence-electron chi connectivity index (χ4n) is 1.74. The minimum atomic E-state index is 0.142. The van der Waals surface area contributed by atoms with Gasteiger partial charge in [0.25, 0.3) is 0 Å². The molecule has 1 N–H and O–H groups in total. The Hall–Kier alpha value is -0.820. The van der Waals surface area contributed by atoms with Crippen molar-refractivity contribution >= 4 is 11.3 Å². The van der Waals surface area contributed by atoms with Crippen LogP contribution in [0.5, 0.6) is 0 Å². The van der Waals surface area contributed by atoms with E-state index >= 15 is 0 Å². The highest BCUT2D eigenvalue weighted by Crippen LogP contribution is 2.18. The average Bonchev–Trinajstić information content (AvgIpc) is 2.76. The van der Waals surface area contributed by atoms with Crippen molar-refractivity contribution < 1.29 is 5.11 Å². The summed E-state index contributed by atoms with van der Waals surface area (Å²) in [6.07, 6.45) is 1.74. The first-order valence-corrected chi connectivity index (χ1v) is 7.41. The maximum absolute atomic E-state index is 8.68. The molecule has 0 aliphatic heterocycles. The van der Waals surface area contributed by atoms with Gasteiger partial charge in [-0.2, -0.15) is 0 Å². The van der Waals surface area contributed by atoms with Crippen molar-refractivity contribution in [1.82, 2.24) is 4.90 Å². The second-order valence-corrected chi connectivity index (χ2v) is 5.77. The van der Waals surface area contributed by atoms with E-state index in [4.69, 9.17) is 5.11 Å². The fourth-order valence-corrected chi connectivity index (χ4v) is 2.65. The Balaban J connectivity index is 2.60. The summed E-state index contributed by atoms with van der Waals surface area (Å²) < 4.78 is 0. The number of rotatable bonds is 6. The zero-order valence-corrected chi connectivity index (χ0v) is 12.4. The molecule has 0 aliphatic carbocycles. The molecule has 3 heteroatoms. The zero-order valence-electron chi connectivity index (χ0n) is 11.6. The van der Waals surface area contributed by atoms with Gasteiger partial charge in [0.05, 0.1) is 11.5 Å². The van der Waals surface area contributed by atoms with Gasteiger partial charge in [-0.15, -0.1) is 11.3 Å². The van der Waals surface area contributed by atoms with Crippen LogP contribution in [-0.2, 0) is 6.54 Å². The largest absolute Gasteiger partial charge is 0.395 e. The molecule has 0 radical (unpaired) electrons. The third kappa shape index (κ3) is 5.22. The van der Waals surface area contributed by atoms with Gasteiger partial charge in [0.15, 0.2) is 0 Å². The average molecular weight is 265 g/mol. The maximum Gasteiger partial charge on any atom is 0.0771 e. The lowest BCUT2D eigenvalue weighted by Crippen LogP contribution is -2.30. The first-order chi connectivity index (χ1) is 8.67. The van der Waals surface area contributed by atoms with Crippen molar-refractivity contribution in [3.05, 3.63) is 21.9 Å². The summed E-state index contributed by atoms with van der Waals surface area (Å²) in [7, 11) is 0. The molecular weight excluding hydrogens is 242 g/mol. The molecule has 1 aromatic rings. The Morgan fingerprint density at radius 1 is 1.39 bits per heavy atom. The molecule has 0 unspecified atom stereocenters. The fraction of sp³-hybridized carbons (Fsp3) is 0.600. The number of thiophene rings is 1. The number of hydrogen-bond acceptors (Lipinski definition) is 3. The predicted octanol–water partition coefficient (Wildman–Crippen LogP) is 3.10. The van der Waals surface area contributed by atoms with E-state index in [0.717, 1.165) is 18.0 Å². The van der Waals surface area contributed by atoms with Crippen molar-refractivity contribution in [3.63, 3.8) is 0 Å². The maximum atomic E-state index is 8.68. The number of nitrogens with zero attached hydrogens (tertiary/aromatic N) is 1. The van der Waals surface area contributed by atoms with E-state index in [1.807, 2.05) is 0 Å². The van der Waals surface area contributed by atoms with Crippen molar-refractivity contribution in [2.75, 3.05) is 13.2 Å². The monoisotopic (exact) mass is 265 g/mol. The van der Waals surface area contributed by atoms with Crippen LogP contribution in [0, 0.1) is 11.8 Å². The van der Waals surface area contributed by atoms with Gasteiger partial charge >= 0.3 is 0 Å². The molecule has 0 aliphatic rings. The molecule has 1 aromatic heterocycles. The molecular formula is C15H23NOS. The summed E-state index contributed by atoms with van der Waals surface area (Å²) in [6, 6.07) is 4.82. The van der Waals surface area contributed by atoms with Crippen LogP contribution in [0.2, 0.25) is 0 Å². The minimum Gasteiger partial charge on any atom is -0.395 e. The third-order valence-corrected chi connectivity index (χ3v) is 3.70. The molecule has 0 spiro atoms. The van der Waals surface area contributed by atoms with E-state index in [0.29, 0.717) is 12.5 Å². The van der Waals surface area contributed by atoms with Crippen molar-refractivity contribution in [2.45, 2.75) is 46.2 Å². The van der Waals surface area contributed by atoms with E-state index in [-0.39, 0.29) is 6.61 Å². The molecule has 0 atom stereocenters. The van der Waals surface area contributed by atoms with Gasteiger partial charge in [-0.3, -0.25) is 4.90 Å². The first kappa shape index (κ1) is 15.2. The van der Waals surface area contributed by atoms with Crippen molar-refractivity contribution in [3.8, 4) is 11.8 Å². The highest BCUT2D eigenvalue weighted by Gasteiger charge is 2.10. The molecule has 100 valence electrons. The topological polar surface area (TPSA) is 23.5 Å². The second kappa shape index (κ2) is 8.31. The third-order valence-electron chi connectivity index (χ3n) is 2.71. The Morgan fingerprint density at radius 3 is 2.78 bits per heavy atom. The van der Waals surface area contributed by atoms with Gasteiger partial charge in [0.2, 0.25) is 0 Å². The smallest absolute Gasteiger partial charge is 0.0771 e. The van der Waals surface area contributed by atoms with Crippen LogP contribution in [0.4, 0.5) is 0 Å². The molecule has 0 aromatic carbocycles. The Bertz CT molecular complexity index is 400. The van der Waals surface area contributed by atoms with Gasteiger partial charge in [-0.05, 0) is 38.9 Å². The van der Waals surface area contributed by atoms with E-state index in [1.165, 1.54) is 11.3 Å². The summed E-state index contributed by atoms with van der Waals surface area (Å²) in [5.74, 6) is 6.05. The van der Waals surface area contributed by atoms with Crippen LogP contribution in [0.15, 0.2) is 12.1 Å². The molecule has 18 heavy (non-hydrogen) atoms. The van der Waals surface area contributed by atoms with E-state index in [9.17, 15) is 0 Å². The highest BCUT2D eigenvalue weighted by atomic mass is 32.1. The minimum absolute atomic E-state index is 0.142. The molecule has 0 amide bonds. The highest BCUT2D eigenvalue weighted by molar-refractivity contribution is 7.12. The molecule has 0 saturated heterocycles. The Labute approximate surface area is 115 Å². The quantitative estimate of drug-likeness (QED) is 0.799. The van der Waals surface area contributed by atoms with E-state index < -0.39 is 0 Å². The zero-order chi connectivity index (χ0) is 13.4. The van der Waals surface area contributed by atoms with Crippen LogP contribution in [-0.4, -0.2) is 29.2 Å².